The number of hydrogen-bond donors (Lipinski definition) is 1. The summed E-state index contributed by atoms with van der Waals surface area (Å²) in [6, 6.07) is 5.91. The summed E-state index contributed by atoms with van der Waals surface area (Å²) >= 11 is 0. The number of rotatable bonds is 3. The minimum Gasteiger partial charge on any atom is -0.486 e. The number of nitrogens with zero attached hydrogens (tertiary/aromatic N) is 2. The number of hydrogen-bond acceptors (Lipinski definition) is 4. The minimum absolute atomic E-state index is 0.593. The second-order valence-corrected chi connectivity index (χ2v) is 4.56. The zero-order chi connectivity index (χ0) is 13.2. The van der Waals surface area contributed by atoms with E-state index in [0.29, 0.717) is 19.8 Å². The molecule has 1 aromatic carbocycles. The standard InChI is InChI=1S/C14H17N3O2/c1-17-9-11(4-5-15)16-14(17)10-2-3-12-13(8-10)19-7-6-18-12/h2-3,8-9H,4-7,15H2,1H3. The summed E-state index contributed by atoms with van der Waals surface area (Å²) in [7, 11) is 1.99. The molecule has 0 aliphatic carbocycles. The summed E-state index contributed by atoms with van der Waals surface area (Å²) in [6.45, 7) is 1.81. The molecule has 2 N–H and O–H groups in total. The molecule has 2 heterocycles. The molecule has 0 fully saturated rings. The van der Waals surface area contributed by atoms with Gasteiger partial charge in [0.1, 0.15) is 19.0 Å². The van der Waals surface area contributed by atoms with E-state index in [4.69, 9.17) is 15.2 Å². The molecule has 0 amide bonds. The van der Waals surface area contributed by atoms with Gasteiger partial charge in [-0.2, -0.15) is 0 Å². The average molecular weight is 259 g/mol. The van der Waals surface area contributed by atoms with E-state index in [-0.39, 0.29) is 0 Å². The van der Waals surface area contributed by atoms with Gasteiger partial charge in [-0.15, -0.1) is 0 Å². The maximum atomic E-state index is 5.60. The van der Waals surface area contributed by atoms with Crippen LogP contribution in [0.3, 0.4) is 0 Å². The Morgan fingerprint density at radius 2 is 2.05 bits per heavy atom. The summed E-state index contributed by atoms with van der Waals surface area (Å²) in [6.07, 6.45) is 2.80. The van der Waals surface area contributed by atoms with Gasteiger partial charge < -0.3 is 19.8 Å². The van der Waals surface area contributed by atoms with Crippen LogP contribution >= 0.6 is 0 Å². The molecule has 19 heavy (non-hydrogen) atoms. The first-order valence-corrected chi connectivity index (χ1v) is 6.40. The first-order valence-electron chi connectivity index (χ1n) is 6.40. The Kier molecular flexibility index (Phi) is 3.13. The quantitative estimate of drug-likeness (QED) is 0.904. The highest BCUT2D eigenvalue weighted by Crippen LogP contribution is 2.34. The molecule has 1 aliphatic rings. The number of imidazole rings is 1. The molecule has 0 saturated heterocycles. The van der Waals surface area contributed by atoms with Crippen molar-refractivity contribution in [3.63, 3.8) is 0 Å². The Balaban J connectivity index is 1.97. The van der Waals surface area contributed by atoms with Gasteiger partial charge in [-0.25, -0.2) is 4.98 Å². The van der Waals surface area contributed by atoms with E-state index in [1.54, 1.807) is 0 Å². The van der Waals surface area contributed by atoms with Gasteiger partial charge >= 0.3 is 0 Å². The van der Waals surface area contributed by atoms with Crippen molar-refractivity contribution in [3.05, 3.63) is 30.1 Å². The number of aryl methyl sites for hydroxylation is 1. The van der Waals surface area contributed by atoms with E-state index in [9.17, 15) is 0 Å². The Bertz CT molecular complexity index is 592. The van der Waals surface area contributed by atoms with Crippen molar-refractivity contribution >= 4 is 0 Å². The molecule has 0 radical (unpaired) electrons. The Morgan fingerprint density at radius 1 is 1.26 bits per heavy atom. The zero-order valence-electron chi connectivity index (χ0n) is 10.9. The third kappa shape index (κ3) is 2.29. The fourth-order valence-corrected chi connectivity index (χ4v) is 2.25. The summed E-state index contributed by atoms with van der Waals surface area (Å²) in [5.74, 6) is 2.50. The van der Waals surface area contributed by atoms with E-state index in [1.807, 2.05) is 36.0 Å². The molecule has 1 aliphatic heterocycles. The fourth-order valence-electron chi connectivity index (χ4n) is 2.25. The van der Waals surface area contributed by atoms with Crippen LogP contribution < -0.4 is 15.2 Å². The Labute approximate surface area is 112 Å². The van der Waals surface area contributed by atoms with Crippen molar-refractivity contribution in [3.8, 4) is 22.9 Å². The van der Waals surface area contributed by atoms with Crippen LogP contribution in [0.15, 0.2) is 24.4 Å². The number of aromatic nitrogens is 2. The lowest BCUT2D eigenvalue weighted by Crippen LogP contribution is -2.15. The highest BCUT2D eigenvalue weighted by Gasteiger charge is 2.14. The topological polar surface area (TPSA) is 62.3 Å². The van der Waals surface area contributed by atoms with E-state index >= 15 is 0 Å². The molecule has 0 atom stereocenters. The molecule has 0 unspecified atom stereocenters. The van der Waals surface area contributed by atoms with Gasteiger partial charge in [0, 0.05) is 25.2 Å². The lowest BCUT2D eigenvalue weighted by Gasteiger charge is -2.18. The first-order chi connectivity index (χ1) is 9.28. The lowest BCUT2D eigenvalue weighted by atomic mass is 10.2. The van der Waals surface area contributed by atoms with Crippen LogP contribution in [-0.2, 0) is 13.5 Å². The first kappa shape index (κ1) is 12.0. The Hall–Kier alpha value is -2.01. The molecule has 0 spiro atoms. The van der Waals surface area contributed by atoms with Gasteiger partial charge in [-0.05, 0) is 24.7 Å². The summed E-state index contributed by atoms with van der Waals surface area (Å²) in [5, 5.41) is 0. The van der Waals surface area contributed by atoms with Crippen LogP contribution in [0, 0.1) is 0 Å². The predicted octanol–water partition coefficient (Wildman–Crippen LogP) is 1.36. The SMILES string of the molecule is Cn1cc(CCN)nc1-c1ccc2c(c1)OCCO2. The van der Waals surface area contributed by atoms with Crippen LogP contribution in [-0.4, -0.2) is 29.3 Å². The number of fused-ring (bicyclic) bond motifs is 1. The van der Waals surface area contributed by atoms with Gasteiger partial charge in [-0.3, -0.25) is 0 Å². The van der Waals surface area contributed by atoms with Crippen molar-refractivity contribution in [1.29, 1.82) is 0 Å². The monoisotopic (exact) mass is 259 g/mol. The van der Waals surface area contributed by atoms with Gasteiger partial charge in [0.15, 0.2) is 11.5 Å². The molecule has 5 nitrogen and oxygen atoms in total. The summed E-state index contributed by atoms with van der Waals surface area (Å²) in [4.78, 5) is 4.61. The minimum atomic E-state index is 0.593. The third-order valence-corrected chi connectivity index (χ3v) is 3.13. The van der Waals surface area contributed by atoms with E-state index < -0.39 is 0 Å². The normalized spacial score (nSPS) is 13.6. The third-order valence-electron chi connectivity index (χ3n) is 3.13. The molecule has 3 rings (SSSR count). The van der Waals surface area contributed by atoms with Crippen molar-refractivity contribution in [2.24, 2.45) is 12.8 Å². The Morgan fingerprint density at radius 3 is 2.84 bits per heavy atom. The molecule has 100 valence electrons. The second-order valence-electron chi connectivity index (χ2n) is 4.56. The van der Waals surface area contributed by atoms with Crippen molar-refractivity contribution < 1.29 is 9.47 Å². The van der Waals surface area contributed by atoms with Crippen molar-refractivity contribution in [1.82, 2.24) is 9.55 Å². The molecule has 0 saturated carbocycles. The number of benzene rings is 1. The van der Waals surface area contributed by atoms with Crippen LogP contribution in [0.25, 0.3) is 11.4 Å². The van der Waals surface area contributed by atoms with Gasteiger partial charge in [0.2, 0.25) is 0 Å². The van der Waals surface area contributed by atoms with Crippen LogP contribution in [0.1, 0.15) is 5.69 Å². The molecule has 2 aromatic rings. The maximum Gasteiger partial charge on any atom is 0.162 e. The van der Waals surface area contributed by atoms with Crippen LogP contribution in [0.2, 0.25) is 0 Å². The molecule has 0 bridgehead atoms. The number of ether oxygens (including phenoxy) is 2. The smallest absolute Gasteiger partial charge is 0.162 e. The van der Waals surface area contributed by atoms with Crippen molar-refractivity contribution in [2.75, 3.05) is 19.8 Å². The molecule has 1 aromatic heterocycles. The average Bonchev–Trinajstić information content (AvgIpc) is 2.79. The summed E-state index contributed by atoms with van der Waals surface area (Å²) in [5.41, 5.74) is 7.60. The second kappa shape index (κ2) is 4.93. The highest BCUT2D eigenvalue weighted by molar-refractivity contribution is 5.62. The zero-order valence-corrected chi connectivity index (χ0v) is 10.9. The van der Waals surface area contributed by atoms with Crippen LogP contribution in [0.5, 0.6) is 11.5 Å². The summed E-state index contributed by atoms with van der Waals surface area (Å²) < 4.78 is 13.1. The van der Waals surface area contributed by atoms with E-state index in [0.717, 1.165) is 35.0 Å². The number of nitrogens with two attached hydrogens (primary N) is 1. The molecular weight excluding hydrogens is 242 g/mol. The maximum absolute atomic E-state index is 5.60. The molecular formula is C14H17N3O2. The van der Waals surface area contributed by atoms with E-state index in [2.05, 4.69) is 4.98 Å². The van der Waals surface area contributed by atoms with Gasteiger partial charge in [0.05, 0.1) is 5.69 Å². The van der Waals surface area contributed by atoms with Gasteiger partial charge in [0.25, 0.3) is 0 Å². The van der Waals surface area contributed by atoms with Crippen molar-refractivity contribution in [2.45, 2.75) is 6.42 Å². The lowest BCUT2D eigenvalue weighted by molar-refractivity contribution is 0.171. The van der Waals surface area contributed by atoms with E-state index in [1.165, 1.54) is 0 Å². The molecule has 5 heteroatoms. The largest absolute Gasteiger partial charge is 0.486 e. The van der Waals surface area contributed by atoms with Crippen LogP contribution in [0.4, 0.5) is 0 Å². The fraction of sp³-hybridized carbons (Fsp3) is 0.357. The predicted molar refractivity (Wildman–Crippen MR) is 72.4 cm³/mol. The highest BCUT2D eigenvalue weighted by atomic mass is 16.6. The van der Waals surface area contributed by atoms with Gasteiger partial charge in [-0.1, -0.05) is 0 Å².